The van der Waals surface area contributed by atoms with Crippen LogP contribution < -0.4 is 10.9 Å². The van der Waals surface area contributed by atoms with Crippen LogP contribution in [0.2, 0.25) is 0 Å². The summed E-state index contributed by atoms with van der Waals surface area (Å²) in [5.74, 6) is -1.54. The summed E-state index contributed by atoms with van der Waals surface area (Å²) < 4.78 is 27.8. The fraction of sp³-hybridized carbons (Fsp3) is 0.136. The van der Waals surface area contributed by atoms with Crippen molar-refractivity contribution in [2.24, 2.45) is 0 Å². The van der Waals surface area contributed by atoms with Gasteiger partial charge in [0.2, 0.25) is 5.91 Å². The molecule has 2 aromatic carbocycles. The predicted octanol–water partition coefficient (Wildman–Crippen LogP) is 3.74. The first-order valence-corrected chi connectivity index (χ1v) is 10.3. The zero-order valence-corrected chi connectivity index (χ0v) is 17.3. The van der Waals surface area contributed by atoms with Crippen molar-refractivity contribution in [1.82, 2.24) is 20.6 Å². The van der Waals surface area contributed by atoms with Crippen molar-refractivity contribution in [3.63, 3.8) is 0 Å². The second-order valence-corrected chi connectivity index (χ2v) is 8.04. The summed E-state index contributed by atoms with van der Waals surface area (Å²) in [6.07, 6.45) is 0.0126. The van der Waals surface area contributed by atoms with E-state index in [0.717, 1.165) is 21.5 Å². The van der Waals surface area contributed by atoms with Gasteiger partial charge in [-0.2, -0.15) is 5.10 Å². The highest BCUT2D eigenvalue weighted by molar-refractivity contribution is 7.20. The number of benzene rings is 2. The van der Waals surface area contributed by atoms with Crippen LogP contribution in [0.25, 0.3) is 10.2 Å². The van der Waals surface area contributed by atoms with Crippen molar-refractivity contribution in [2.45, 2.75) is 19.9 Å². The molecule has 0 aliphatic carbocycles. The van der Waals surface area contributed by atoms with Gasteiger partial charge in [-0.15, -0.1) is 11.3 Å². The first-order valence-electron chi connectivity index (χ1n) is 9.44. The lowest BCUT2D eigenvalue weighted by Crippen LogP contribution is -2.42. The third-order valence-corrected chi connectivity index (χ3v) is 5.82. The fourth-order valence-corrected chi connectivity index (χ4v) is 4.17. The quantitative estimate of drug-likeness (QED) is 0.464. The van der Waals surface area contributed by atoms with E-state index in [0.29, 0.717) is 17.0 Å². The third-order valence-electron chi connectivity index (χ3n) is 4.67. The highest BCUT2D eigenvalue weighted by Gasteiger charge is 2.17. The number of nitrogens with one attached hydrogen (secondary N) is 2. The Morgan fingerprint density at radius 2 is 1.58 bits per heavy atom. The maximum absolute atomic E-state index is 13.1. The number of thiophene rings is 1. The summed E-state index contributed by atoms with van der Waals surface area (Å²) in [5.41, 5.74) is 7.06. The predicted molar refractivity (Wildman–Crippen MR) is 114 cm³/mol. The molecule has 0 spiro atoms. The molecule has 2 amide bonds. The van der Waals surface area contributed by atoms with Crippen LogP contribution in [0, 0.1) is 18.6 Å². The number of hydrazine groups is 1. The van der Waals surface area contributed by atoms with Gasteiger partial charge in [-0.3, -0.25) is 25.1 Å². The van der Waals surface area contributed by atoms with E-state index in [-0.39, 0.29) is 18.1 Å². The lowest BCUT2D eigenvalue weighted by Gasteiger charge is -2.06. The van der Waals surface area contributed by atoms with E-state index < -0.39 is 11.8 Å². The number of fused-ring (bicyclic) bond motifs is 1. The zero-order valence-electron chi connectivity index (χ0n) is 16.5. The van der Waals surface area contributed by atoms with Gasteiger partial charge in [0.1, 0.15) is 16.5 Å². The minimum Gasteiger partial charge on any atom is -0.273 e. The zero-order chi connectivity index (χ0) is 22.0. The minimum absolute atomic E-state index is 0.0126. The maximum atomic E-state index is 13.1. The molecule has 0 radical (unpaired) electrons. The smallest absolute Gasteiger partial charge is 0.273 e. The van der Waals surface area contributed by atoms with Crippen molar-refractivity contribution < 1.29 is 18.4 Å². The number of halogens is 2. The number of hydrogen-bond acceptors (Lipinski definition) is 4. The average molecular weight is 440 g/mol. The topological polar surface area (TPSA) is 76.0 Å². The largest absolute Gasteiger partial charge is 0.279 e. The molecule has 4 rings (SSSR count). The Morgan fingerprint density at radius 3 is 2.23 bits per heavy atom. The second kappa shape index (κ2) is 8.65. The first kappa shape index (κ1) is 20.7. The Hall–Kier alpha value is -3.59. The maximum Gasteiger partial charge on any atom is 0.279 e. The van der Waals surface area contributed by atoms with Crippen molar-refractivity contribution in [3.8, 4) is 0 Å². The lowest BCUT2D eigenvalue weighted by molar-refractivity contribution is -0.121. The molecule has 0 aliphatic rings. The van der Waals surface area contributed by atoms with Gasteiger partial charge in [-0.1, -0.05) is 24.3 Å². The molecule has 4 aromatic rings. The molecule has 0 fully saturated rings. The molecule has 158 valence electrons. The van der Waals surface area contributed by atoms with Crippen LogP contribution in [0.4, 0.5) is 8.78 Å². The van der Waals surface area contributed by atoms with E-state index in [1.165, 1.54) is 47.7 Å². The highest BCUT2D eigenvalue weighted by atomic mass is 32.1. The number of carbonyl (C=O) groups is 2. The van der Waals surface area contributed by atoms with Gasteiger partial charge in [0.25, 0.3) is 5.91 Å². The normalized spacial score (nSPS) is 10.9. The van der Waals surface area contributed by atoms with Crippen LogP contribution in [-0.2, 0) is 17.8 Å². The molecule has 2 N–H and O–H groups in total. The van der Waals surface area contributed by atoms with E-state index in [1.54, 1.807) is 22.9 Å². The Morgan fingerprint density at radius 1 is 0.968 bits per heavy atom. The van der Waals surface area contributed by atoms with Crippen LogP contribution in [0.1, 0.15) is 26.5 Å². The molecule has 31 heavy (non-hydrogen) atoms. The average Bonchev–Trinajstić information content (AvgIpc) is 3.31. The molecule has 0 saturated carbocycles. The number of carbonyl (C=O) groups excluding carboxylic acids is 2. The van der Waals surface area contributed by atoms with Crippen LogP contribution >= 0.6 is 11.3 Å². The molecule has 2 heterocycles. The van der Waals surface area contributed by atoms with E-state index in [9.17, 15) is 18.4 Å². The van der Waals surface area contributed by atoms with Gasteiger partial charge >= 0.3 is 0 Å². The summed E-state index contributed by atoms with van der Waals surface area (Å²) in [6, 6.07) is 13.5. The molecule has 0 atom stereocenters. The van der Waals surface area contributed by atoms with Crippen LogP contribution in [0.3, 0.4) is 0 Å². The Balaban J connectivity index is 1.43. The van der Waals surface area contributed by atoms with Crippen molar-refractivity contribution in [3.05, 3.63) is 87.9 Å². The van der Waals surface area contributed by atoms with Gasteiger partial charge in [0.15, 0.2) is 0 Å². The first-order chi connectivity index (χ1) is 14.9. The molecule has 0 bridgehead atoms. The van der Waals surface area contributed by atoms with E-state index in [2.05, 4.69) is 16.0 Å². The Bertz CT molecular complexity index is 1250. The Kier molecular flexibility index (Phi) is 5.77. The number of rotatable bonds is 5. The summed E-state index contributed by atoms with van der Waals surface area (Å²) >= 11 is 1.25. The monoisotopic (exact) mass is 440 g/mol. The summed E-state index contributed by atoms with van der Waals surface area (Å²) in [5, 5.41) is 5.34. The standard InChI is InChI=1S/C22H18F2N4O2S/c1-13-18-11-19(21(30)26-25-20(29)10-14-2-6-16(23)7-3-14)31-22(18)28(27-13)12-15-4-8-17(24)9-5-15/h2-9,11H,10,12H2,1H3,(H,25,29)(H,26,30). The van der Waals surface area contributed by atoms with Crippen molar-refractivity contribution >= 4 is 33.4 Å². The summed E-state index contributed by atoms with van der Waals surface area (Å²) in [7, 11) is 0. The number of aromatic nitrogens is 2. The van der Waals surface area contributed by atoms with E-state index in [1.807, 2.05) is 6.92 Å². The Labute approximate surface area is 180 Å². The molecular formula is C22H18F2N4O2S. The second-order valence-electron chi connectivity index (χ2n) is 7.00. The third kappa shape index (κ3) is 4.77. The molecule has 2 aromatic heterocycles. The van der Waals surface area contributed by atoms with E-state index in [4.69, 9.17) is 0 Å². The minimum atomic E-state index is -0.443. The molecule has 0 unspecified atom stereocenters. The fourth-order valence-electron chi connectivity index (χ4n) is 3.11. The molecular weight excluding hydrogens is 422 g/mol. The van der Waals surface area contributed by atoms with Crippen LogP contribution in [0.15, 0.2) is 54.6 Å². The number of aryl methyl sites for hydroxylation is 1. The van der Waals surface area contributed by atoms with Gasteiger partial charge < -0.3 is 0 Å². The SMILES string of the molecule is Cc1nn(Cc2ccc(F)cc2)c2sc(C(=O)NNC(=O)Cc3ccc(F)cc3)cc12. The number of hydrogen-bond donors (Lipinski definition) is 2. The molecule has 9 heteroatoms. The molecule has 6 nitrogen and oxygen atoms in total. The van der Waals surface area contributed by atoms with Gasteiger partial charge in [0, 0.05) is 5.39 Å². The van der Waals surface area contributed by atoms with Gasteiger partial charge in [-0.25, -0.2) is 8.78 Å². The van der Waals surface area contributed by atoms with Crippen LogP contribution in [0.5, 0.6) is 0 Å². The van der Waals surface area contributed by atoms with Gasteiger partial charge in [-0.05, 0) is 48.4 Å². The van der Waals surface area contributed by atoms with Crippen molar-refractivity contribution in [1.29, 1.82) is 0 Å². The summed E-state index contributed by atoms with van der Waals surface area (Å²) in [4.78, 5) is 25.8. The highest BCUT2D eigenvalue weighted by Crippen LogP contribution is 2.28. The number of nitrogens with zero attached hydrogens (tertiary/aromatic N) is 2. The summed E-state index contributed by atoms with van der Waals surface area (Å²) in [6.45, 7) is 2.29. The van der Waals surface area contributed by atoms with Crippen molar-refractivity contribution in [2.75, 3.05) is 0 Å². The molecule has 0 saturated heterocycles. The lowest BCUT2D eigenvalue weighted by atomic mass is 10.1. The van der Waals surface area contributed by atoms with Gasteiger partial charge in [0.05, 0.1) is 23.5 Å². The van der Waals surface area contributed by atoms with E-state index >= 15 is 0 Å². The molecule has 0 aliphatic heterocycles. The number of amides is 2. The van der Waals surface area contributed by atoms with Crippen LogP contribution in [-0.4, -0.2) is 21.6 Å².